The van der Waals surface area contributed by atoms with Crippen molar-refractivity contribution in [3.8, 4) is 5.75 Å². The summed E-state index contributed by atoms with van der Waals surface area (Å²) in [6, 6.07) is 2.54. The molecular formula is C16H23ClFNO3S. The van der Waals surface area contributed by atoms with Gasteiger partial charge in [0.05, 0.1) is 11.1 Å². The predicted molar refractivity (Wildman–Crippen MR) is 90.4 cm³/mol. The zero-order valence-corrected chi connectivity index (χ0v) is 15.1. The van der Waals surface area contributed by atoms with Gasteiger partial charge in [-0.2, -0.15) is 0 Å². The van der Waals surface area contributed by atoms with E-state index in [-0.39, 0.29) is 16.5 Å². The maximum absolute atomic E-state index is 14.5. The van der Waals surface area contributed by atoms with Crippen LogP contribution in [0, 0.1) is 11.7 Å². The van der Waals surface area contributed by atoms with Crippen LogP contribution < -0.4 is 4.72 Å². The van der Waals surface area contributed by atoms with Crippen molar-refractivity contribution in [1.29, 1.82) is 0 Å². The Morgan fingerprint density at radius 2 is 2.00 bits per heavy atom. The Morgan fingerprint density at radius 1 is 1.39 bits per heavy atom. The Hall–Kier alpha value is -0.530. The van der Waals surface area contributed by atoms with E-state index in [0.717, 1.165) is 12.8 Å². The summed E-state index contributed by atoms with van der Waals surface area (Å²) in [6.45, 7) is 6.74. The quantitative estimate of drug-likeness (QED) is 0.800. The standard InChI is InChI=1S/C16H23ClFNO3S/c1-16(2,3)23(21)19-14(10-6-8-22-9-7-10)11-4-5-12(17)15(20)13(11)18/h4-5,10,14,19-20H,6-9H2,1-3H3/t14-,23?/m0/s1. The molecule has 0 radical (unpaired) electrons. The Labute approximate surface area is 144 Å². The number of phenolic OH excluding ortho intramolecular Hbond substituents is 1. The van der Waals surface area contributed by atoms with Crippen molar-refractivity contribution in [2.24, 2.45) is 5.92 Å². The van der Waals surface area contributed by atoms with E-state index in [1.807, 2.05) is 20.8 Å². The molecule has 1 saturated heterocycles. The number of ether oxygens (including phenoxy) is 1. The van der Waals surface area contributed by atoms with Crippen LogP contribution in [0.3, 0.4) is 0 Å². The van der Waals surface area contributed by atoms with E-state index in [1.165, 1.54) is 6.07 Å². The summed E-state index contributed by atoms with van der Waals surface area (Å²) in [5.41, 5.74) is 0.288. The number of aromatic hydroxyl groups is 1. The minimum Gasteiger partial charge on any atom is -0.598 e. The second kappa shape index (κ2) is 7.57. The summed E-state index contributed by atoms with van der Waals surface area (Å²) in [5.74, 6) is -1.25. The third-order valence-electron chi connectivity index (χ3n) is 3.96. The molecule has 1 heterocycles. The fraction of sp³-hybridized carbons (Fsp3) is 0.625. The summed E-state index contributed by atoms with van der Waals surface area (Å²) in [4.78, 5) is 0. The van der Waals surface area contributed by atoms with Crippen molar-refractivity contribution in [3.63, 3.8) is 0 Å². The molecule has 2 rings (SSSR count). The molecule has 0 aromatic heterocycles. The Morgan fingerprint density at radius 3 is 2.57 bits per heavy atom. The lowest BCUT2D eigenvalue weighted by atomic mass is 9.87. The van der Waals surface area contributed by atoms with Crippen LogP contribution in [0.25, 0.3) is 0 Å². The number of benzene rings is 1. The fourth-order valence-electron chi connectivity index (χ4n) is 2.55. The van der Waals surface area contributed by atoms with E-state index in [2.05, 4.69) is 4.72 Å². The highest BCUT2D eigenvalue weighted by molar-refractivity contribution is 7.90. The molecule has 2 atom stereocenters. The van der Waals surface area contributed by atoms with E-state index in [1.54, 1.807) is 6.07 Å². The number of halogens is 2. The molecule has 23 heavy (non-hydrogen) atoms. The molecular weight excluding hydrogens is 341 g/mol. The molecule has 1 fully saturated rings. The van der Waals surface area contributed by atoms with Crippen LogP contribution in [0.15, 0.2) is 12.1 Å². The Kier molecular flexibility index (Phi) is 6.19. The lowest BCUT2D eigenvalue weighted by Gasteiger charge is -2.34. The fourth-order valence-corrected chi connectivity index (χ4v) is 3.60. The first-order valence-electron chi connectivity index (χ1n) is 7.64. The minimum atomic E-state index is -1.36. The summed E-state index contributed by atoms with van der Waals surface area (Å²) < 4.78 is 35.0. The topological polar surface area (TPSA) is 64.5 Å². The molecule has 2 N–H and O–H groups in total. The van der Waals surface area contributed by atoms with Gasteiger partial charge in [0.25, 0.3) is 0 Å². The van der Waals surface area contributed by atoms with Crippen LogP contribution in [0.5, 0.6) is 5.75 Å². The number of phenols is 1. The molecule has 0 amide bonds. The first kappa shape index (κ1) is 18.8. The lowest BCUT2D eigenvalue weighted by Crippen LogP contribution is -2.44. The van der Waals surface area contributed by atoms with Gasteiger partial charge in [-0.25, -0.2) is 4.39 Å². The van der Waals surface area contributed by atoms with E-state index in [4.69, 9.17) is 16.3 Å². The average molecular weight is 364 g/mol. The summed E-state index contributed by atoms with van der Waals surface area (Å²) in [7, 11) is 0. The summed E-state index contributed by atoms with van der Waals surface area (Å²) >= 11 is 4.40. The molecule has 1 unspecified atom stereocenters. The van der Waals surface area contributed by atoms with Crippen molar-refractivity contribution >= 4 is 23.0 Å². The lowest BCUT2D eigenvalue weighted by molar-refractivity contribution is 0.0559. The molecule has 4 nitrogen and oxygen atoms in total. The van der Waals surface area contributed by atoms with Crippen LogP contribution in [0.2, 0.25) is 5.02 Å². The third kappa shape index (κ3) is 4.51. The highest BCUT2D eigenvalue weighted by Gasteiger charge is 2.36. The molecule has 1 aliphatic rings. The van der Waals surface area contributed by atoms with Gasteiger partial charge in [0.15, 0.2) is 11.6 Å². The van der Waals surface area contributed by atoms with Crippen molar-refractivity contribution in [1.82, 2.24) is 4.72 Å². The van der Waals surface area contributed by atoms with E-state index < -0.39 is 33.7 Å². The molecule has 1 aromatic rings. The zero-order valence-electron chi connectivity index (χ0n) is 13.6. The molecule has 1 aromatic carbocycles. The second-order valence-corrected chi connectivity index (χ2v) is 9.13. The van der Waals surface area contributed by atoms with Crippen LogP contribution in [-0.2, 0) is 16.1 Å². The average Bonchev–Trinajstić information content (AvgIpc) is 2.51. The number of hydrogen-bond acceptors (Lipinski definition) is 4. The number of rotatable bonds is 4. The molecule has 0 saturated carbocycles. The zero-order chi connectivity index (χ0) is 17.2. The van der Waals surface area contributed by atoms with E-state index >= 15 is 0 Å². The molecule has 0 spiro atoms. The Balaban J connectivity index is 2.35. The normalized spacial score (nSPS) is 19.6. The van der Waals surface area contributed by atoms with Gasteiger partial charge in [-0.05, 0) is 45.6 Å². The molecule has 130 valence electrons. The largest absolute Gasteiger partial charge is 0.598 e. The van der Waals surface area contributed by atoms with Crippen molar-refractivity contribution < 1.29 is 18.8 Å². The molecule has 0 bridgehead atoms. The van der Waals surface area contributed by atoms with Gasteiger partial charge < -0.3 is 14.4 Å². The van der Waals surface area contributed by atoms with Gasteiger partial charge in [-0.1, -0.05) is 17.7 Å². The maximum atomic E-state index is 14.5. The van der Waals surface area contributed by atoms with Crippen LogP contribution in [0.1, 0.15) is 45.2 Å². The maximum Gasteiger partial charge on any atom is 0.171 e. The van der Waals surface area contributed by atoms with Crippen LogP contribution >= 0.6 is 11.6 Å². The monoisotopic (exact) mass is 363 g/mol. The van der Waals surface area contributed by atoms with Gasteiger partial charge in [0.2, 0.25) is 0 Å². The van der Waals surface area contributed by atoms with Gasteiger partial charge in [-0.3, -0.25) is 0 Å². The van der Waals surface area contributed by atoms with Crippen molar-refractivity contribution in [2.75, 3.05) is 13.2 Å². The highest BCUT2D eigenvalue weighted by Crippen LogP contribution is 2.38. The Bertz CT molecular complexity index is 547. The number of nitrogens with one attached hydrogen (secondary N) is 1. The molecule has 7 heteroatoms. The van der Waals surface area contributed by atoms with Crippen LogP contribution in [-0.4, -0.2) is 27.6 Å². The van der Waals surface area contributed by atoms with Crippen molar-refractivity contribution in [2.45, 2.75) is 44.4 Å². The first-order valence-corrected chi connectivity index (χ1v) is 9.17. The summed E-state index contributed by atoms with van der Waals surface area (Å²) in [5, 5.41) is 9.76. The highest BCUT2D eigenvalue weighted by atomic mass is 35.5. The van der Waals surface area contributed by atoms with Gasteiger partial charge in [-0.15, -0.1) is 4.72 Å². The van der Waals surface area contributed by atoms with E-state index in [0.29, 0.717) is 13.2 Å². The van der Waals surface area contributed by atoms with Crippen LogP contribution in [0.4, 0.5) is 4.39 Å². The second-order valence-electron chi connectivity index (χ2n) is 6.73. The smallest absolute Gasteiger partial charge is 0.171 e. The van der Waals surface area contributed by atoms with Crippen molar-refractivity contribution in [3.05, 3.63) is 28.5 Å². The SMILES string of the molecule is CC(C)(C)[S+]([O-])N[C@H](c1ccc(Cl)c(O)c1F)C1CCOCC1. The third-order valence-corrected chi connectivity index (χ3v) is 5.84. The molecule has 1 aliphatic heterocycles. The van der Waals surface area contributed by atoms with Gasteiger partial charge in [0.1, 0.15) is 4.75 Å². The summed E-state index contributed by atoms with van der Waals surface area (Å²) in [6.07, 6.45) is 1.48. The van der Waals surface area contributed by atoms with Gasteiger partial charge >= 0.3 is 0 Å². The number of hydrogen-bond donors (Lipinski definition) is 2. The minimum absolute atomic E-state index is 0.0334. The van der Waals surface area contributed by atoms with E-state index in [9.17, 15) is 14.0 Å². The first-order chi connectivity index (χ1) is 10.7. The van der Waals surface area contributed by atoms with Gasteiger partial charge in [0, 0.05) is 30.1 Å². The molecule has 0 aliphatic carbocycles. The predicted octanol–water partition coefficient (Wildman–Crippen LogP) is 3.70.